The molecule has 0 spiro atoms. The van der Waals surface area contributed by atoms with Crippen LogP contribution in [-0.2, 0) is 6.54 Å². The second kappa shape index (κ2) is 7.43. The van der Waals surface area contributed by atoms with Crippen LogP contribution in [0.15, 0.2) is 21.6 Å². The number of piperidine rings is 1. The summed E-state index contributed by atoms with van der Waals surface area (Å²) in [5.74, 6) is 0.729. The molecule has 0 saturated carbocycles. The van der Waals surface area contributed by atoms with Crippen LogP contribution < -0.4 is 11.3 Å². The second-order valence-electron chi connectivity index (χ2n) is 6.04. The van der Waals surface area contributed by atoms with Gasteiger partial charge in [0.25, 0.3) is 11.5 Å². The molecular formula is C15H22N6O3. The van der Waals surface area contributed by atoms with E-state index in [0.29, 0.717) is 37.6 Å². The molecule has 9 heteroatoms. The predicted octanol–water partition coefficient (Wildman–Crippen LogP) is 0.318. The van der Waals surface area contributed by atoms with Gasteiger partial charge in [-0.25, -0.2) is 0 Å². The third-order valence-electron chi connectivity index (χ3n) is 4.33. The first kappa shape index (κ1) is 16.4. The highest BCUT2D eigenvalue weighted by atomic mass is 16.5. The second-order valence-corrected chi connectivity index (χ2v) is 6.04. The third-order valence-corrected chi connectivity index (χ3v) is 4.33. The van der Waals surface area contributed by atoms with Crippen LogP contribution in [0, 0.1) is 0 Å². The van der Waals surface area contributed by atoms with E-state index < -0.39 is 0 Å². The lowest BCUT2D eigenvalue weighted by Crippen LogP contribution is -2.38. The minimum Gasteiger partial charge on any atom is -0.383 e. The van der Waals surface area contributed by atoms with Gasteiger partial charge in [-0.05, 0) is 32.2 Å². The van der Waals surface area contributed by atoms with Gasteiger partial charge in [0.15, 0.2) is 5.69 Å². The van der Waals surface area contributed by atoms with Crippen molar-refractivity contribution in [1.29, 1.82) is 0 Å². The fraction of sp³-hybridized carbons (Fsp3) is 0.600. The molecule has 1 aliphatic heterocycles. The Kier molecular flexibility index (Phi) is 5.09. The van der Waals surface area contributed by atoms with E-state index in [1.165, 1.54) is 6.07 Å². The Balaban J connectivity index is 1.54. The lowest BCUT2D eigenvalue weighted by Gasteiger charge is -2.30. The standard InChI is InChI=1S/C15H22N6O3/c16-5-1-2-6-21-10-12(17-19-21)15(23)20-7-3-11(4-8-20)13-9-14(22)18-24-13/h9-11H,1-8,16H2,(H,18,22). The summed E-state index contributed by atoms with van der Waals surface area (Å²) in [6.45, 7) is 2.58. The van der Waals surface area contributed by atoms with Crippen LogP contribution in [-0.4, -0.2) is 50.6 Å². The number of amides is 1. The number of aromatic amines is 1. The van der Waals surface area contributed by atoms with Gasteiger partial charge >= 0.3 is 0 Å². The van der Waals surface area contributed by atoms with Crippen molar-refractivity contribution in [2.45, 2.75) is 38.1 Å². The number of hydrogen-bond acceptors (Lipinski definition) is 6. The van der Waals surface area contributed by atoms with Crippen LogP contribution in [0.2, 0.25) is 0 Å². The van der Waals surface area contributed by atoms with E-state index in [1.54, 1.807) is 15.8 Å². The lowest BCUT2D eigenvalue weighted by atomic mass is 9.94. The monoisotopic (exact) mass is 334 g/mol. The topological polar surface area (TPSA) is 123 Å². The van der Waals surface area contributed by atoms with Gasteiger partial charge in [0.1, 0.15) is 5.76 Å². The Labute approximate surface area is 138 Å². The van der Waals surface area contributed by atoms with Gasteiger partial charge in [0.05, 0.1) is 6.20 Å². The van der Waals surface area contributed by atoms with Gasteiger partial charge in [-0.1, -0.05) is 5.21 Å². The molecule has 3 rings (SSSR count). The van der Waals surface area contributed by atoms with Crippen LogP contribution >= 0.6 is 0 Å². The van der Waals surface area contributed by atoms with Gasteiger partial charge < -0.3 is 15.2 Å². The lowest BCUT2D eigenvalue weighted by molar-refractivity contribution is 0.0700. The van der Waals surface area contributed by atoms with E-state index in [4.69, 9.17) is 10.3 Å². The van der Waals surface area contributed by atoms with Gasteiger partial charge in [0, 0.05) is 31.6 Å². The van der Waals surface area contributed by atoms with E-state index in [1.807, 2.05) is 0 Å². The first-order chi connectivity index (χ1) is 11.7. The number of nitrogens with zero attached hydrogens (tertiary/aromatic N) is 4. The molecule has 1 fully saturated rings. The highest BCUT2D eigenvalue weighted by molar-refractivity contribution is 5.92. The van der Waals surface area contributed by atoms with Crippen molar-refractivity contribution in [1.82, 2.24) is 25.1 Å². The Morgan fingerprint density at radius 2 is 2.17 bits per heavy atom. The number of nitrogens with two attached hydrogens (primary N) is 1. The smallest absolute Gasteiger partial charge is 0.280 e. The Bertz CT molecular complexity index is 725. The van der Waals surface area contributed by atoms with Gasteiger partial charge in [-0.2, -0.15) is 5.16 Å². The van der Waals surface area contributed by atoms with E-state index >= 15 is 0 Å². The molecule has 0 aromatic carbocycles. The van der Waals surface area contributed by atoms with Crippen LogP contribution in [0.1, 0.15) is 47.8 Å². The molecule has 0 radical (unpaired) electrons. The maximum atomic E-state index is 12.5. The summed E-state index contributed by atoms with van der Waals surface area (Å²) in [6, 6.07) is 1.48. The van der Waals surface area contributed by atoms with E-state index in [0.717, 1.165) is 25.7 Å². The number of nitrogens with one attached hydrogen (secondary N) is 1. The van der Waals surface area contributed by atoms with Crippen LogP contribution in [0.3, 0.4) is 0 Å². The quantitative estimate of drug-likeness (QED) is 0.733. The maximum Gasteiger partial charge on any atom is 0.280 e. The summed E-state index contributed by atoms with van der Waals surface area (Å²) in [6.07, 6.45) is 5.05. The molecule has 2 aromatic rings. The molecule has 9 nitrogen and oxygen atoms in total. The summed E-state index contributed by atoms with van der Waals surface area (Å²) in [5, 5.41) is 10.3. The first-order valence-electron chi connectivity index (χ1n) is 8.25. The largest absolute Gasteiger partial charge is 0.383 e. The van der Waals surface area contributed by atoms with Gasteiger partial charge in [-0.3, -0.25) is 14.3 Å². The molecule has 0 bridgehead atoms. The summed E-state index contributed by atoms with van der Waals surface area (Å²) >= 11 is 0. The van der Waals surface area contributed by atoms with Crippen molar-refractivity contribution in [3.05, 3.63) is 34.1 Å². The normalized spacial score (nSPS) is 15.8. The zero-order chi connectivity index (χ0) is 16.9. The molecular weight excluding hydrogens is 312 g/mol. The minimum absolute atomic E-state index is 0.103. The summed E-state index contributed by atoms with van der Waals surface area (Å²) in [7, 11) is 0. The van der Waals surface area contributed by atoms with E-state index in [-0.39, 0.29) is 17.4 Å². The molecule has 1 amide bonds. The van der Waals surface area contributed by atoms with Gasteiger partial charge in [0.2, 0.25) is 0 Å². The number of unbranched alkanes of at least 4 members (excludes halogenated alkanes) is 1. The molecule has 0 aliphatic carbocycles. The average Bonchev–Trinajstić information content (AvgIpc) is 3.24. The Hall–Kier alpha value is -2.42. The van der Waals surface area contributed by atoms with Crippen molar-refractivity contribution in [2.24, 2.45) is 5.73 Å². The molecule has 1 aliphatic rings. The zero-order valence-electron chi connectivity index (χ0n) is 13.5. The molecule has 3 heterocycles. The van der Waals surface area contributed by atoms with E-state index in [2.05, 4.69) is 15.5 Å². The molecule has 0 unspecified atom stereocenters. The number of hydrogen-bond donors (Lipinski definition) is 2. The van der Waals surface area contributed by atoms with Gasteiger partial charge in [-0.15, -0.1) is 5.10 Å². The fourth-order valence-electron chi connectivity index (χ4n) is 2.95. The number of rotatable bonds is 6. The minimum atomic E-state index is -0.227. The molecule has 2 aromatic heterocycles. The molecule has 1 saturated heterocycles. The van der Waals surface area contributed by atoms with Crippen molar-refractivity contribution in [3.8, 4) is 0 Å². The Morgan fingerprint density at radius 1 is 1.38 bits per heavy atom. The molecule has 130 valence electrons. The van der Waals surface area contributed by atoms with Crippen LogP contribution in [0.25, 0.3) is 0 Å². The number of aromatic nitrogens is 4. The highest BCUT2D eigenvalue weighted by Gasteiger charge is 2.27. The number of carbonyl (C=O) groups excluding carboxylic acids is 1. The van der Waals surface area contributed by atoms with E-state index in [9.17, 15) is 9.59 Å². The molecule has 24 heavy (non-hydrogen) atoms. The average molecular weight is 334 g/mol. The predicted molar refractivity (Wildman–Crippen MR) is 85.5 cm³/mol. The fourth-order valence-corrected chi connectivity index (χ4v) is 2.95. The first-order valence-corrected chi connectivity index (χ1v) is 8.25. The van der Waals surface area contributed by atoms with Crippen LogP contribution in [0.4, 0.5) is 0 Å². The van der Waals surface area contributed by atoms with Crippen molar-refractivity contribution >= 4 is 5.91 Å². The van der Waals surface area contributed by atoms with Crippen molar-refractivity contribution in [2.75, 3.05) is 19.6 Å². The maximum absolute atomic E-state index is 12.5. The molecule has 0 atom stereocenters. The number of likely N-dealkylation sites (tertiary alicyclic amines) is 1. The zero-order valence-corrected chi connectivity index (χ0v) is 13.5. The number of H-pyrrole nitrogens is 1. The summed E-state index contributed by atoms with van der Waals surface area (Å²) < 4.78 is 6.84. The molecule has 3 N–H and O–H groups in total. The third kappa shape index (κ3) is 3.73. The summed E-state index contributed by atoms with van der Waals surface area (Å²) in [5.41, 5.74) is 5.61. The van der Waals surface area contributed by atoms with Crippen LogP contribution in [0.5, 0.6) is 0 Å². The summed E-state index contributed by atoms with van der Waals surface area (Å²) in [4.78, 5) is 25.4. The number of carbonyl (C=O) groups is 1. The number of aryl methyl sites for hydroxylation is 1. The highest BCUT2D eigenvalue weighted by Crippen LogP contribution is 2.27. The Morgan fingerprint density at radius 3 is 2.83 bits per heavy atom. The van der Waals surface area contributed by atoms with Crippen molar-refractivity contribution < 1.29 is 9.32 Å². The SMILES string of the molecule is NCCCCn1cc(C(=O)N2CCC(c3cc(=O)[nH]o3)CC2)nn1. The van der Waals surface area contributed by atoms with Crippen molar-refractivity contribution in [3.63, 3.8) is 0 Å².